The maximum absolute atomic E-state index is 11.2. The van der Waals surface area contributed by atoms with Crippen LogP contribution in [-0.2, 0) is 13.0 Å². The minimum absolute atomic E-state index is 0.287. The second-order valence-corrected chi connectivity index (χ2v) is 6.43. The highest BCUT2D eigenvalue weighted by molar-refractivity contribution is 7.12. The number of aryl methyl sites for hydroxylation is 3. The number of carboxylic acid groups (broad SMARTS) is 1. The van der Waals surface area contributed by atoms with Crippen LogP contribution >= 0.6 is 11.3 Å². The van der Waals surface area contributed by atoms with Crippen LogP contribution in [0.25, 0.3) is 0 Å². The van der Waals surface area contributed by atoms with Gasteiger partial charge in [0.25, 0.3) is 0 Å². The van der Waals surface area contributed by atoms with Crippen molar-refractivity contribution in [2.75, 3.05) is 5.32 Å². The number of thiophene rings is 1. The Morgan fingerprint density at radius 2 is 2.10 bits per heavy atom. The van der Waals surface area contributed by atoms with Crippen molar-refractivity contribution in [3.63, 3.8) is 0 Å². The lowest BCUT2D eigenvalue weighted by Gasteiger charge is -2.08. The molecule has 5 heteroatoms. The maximum Gasteiger partial charge on any atom is 0.335 e. The Hall–Kier alpha value is -1.88. The molecule has 0 atom stereocenters. The van der Waals surface area contributed by atoms with E-state index >= 15 is 0 Å². The van der Waals surface area contributed by atoms with Gasteiger partial charge in [0.2, 0.25) is 0 Å². The lowest BCUT2D eigenvalue weighted by atomic mass is 10.1. The van der Waals surface area contributed by atoms with Crippen LogP contribution in [0.4, 0.5) is 5.82 Å². The first-order chi connectivity index (χ1) is 9.99. The summed E-state index contributed by atoms with van der Waals surface area (Å²) >= 11 is 1.75. The SMILES string of the molecule is CCCc1cc(C(=O)O)cc(NCc2cc(C)c(C)s2)n1. The molecular weight excluding hydrogens is 284 g/mol. The molecule has 0 aliphatic rings. The van der Waals surface area contributed by atoms with Crippen LogP contribution in [0.1, 0.15) is 44.7 Å². The molecule has 0 aliphatic carbocycles. The molecule has 0 saturated carbocycles. The van der Waals surface area contributed by atoms with E-state index in [1.54, 1.807) is 23.5 Å². The Morgan fingerprint density at radius 3 is 2.67 bits per heavy atom. The van der Waals surface area contributed by atoms with E-state index < -0.39 is 5.97 Å². The third-order valence-electron chi connectivity index (χ3n) is 3.29. The predicted octanol–water partition coefficient (Wildman–Crippen LogP) is 4.02. The number of carbonyl (C=O) groups is 1. The summed E-state index contributed by atoms with van der Waals surface area (Å²) in [5.41, 5.74) is 2.39. The van der Waals surface area contributed by atoms with Gasteiger partial charge in [-0.25, -0.2) is 9.78 Å². The van der Waals surface area contributed by atoms with Crippen LogP contribution in [0.5, 0.6) is 0 Å². The molecule has 21 heavy (non-hydrogen) atoms. The van der Waals surface area contributed by atoms with Crippen LogP contribution in [-0.4, -0.2) is 16.1 Å². The Kier molecular flexibility index (Phi) is 4.96. The van der Waals surface area contributed by atoms with Crippen LogP contribution in [0.15, 0.2) is 18.2 Å². The van der Waals surface area contributed by atoms with Gasteiger partial charge in [0, 0.05) is 15.4 Å². The summed E-state index contributed by atoms with van der Waals surface area (Å²) < 4.78 is 0. The number of aromatic nitrogens is 1. The van der Waals surface area contributed by atoms with Crippen molar-refractivity contribution in [2.24, 2.45) is 0 Å². The molecular formula is C16H20N2O2S. The number of pyridine rings is 1. The summed E-state index contributed by atoms with van der Waals surface area (Å²) in [5, 5.41) is 12.4. The lowest BCUT2D eigenvalue weighted by molar-refractivity contribution is 0.0696. The summed E-state index contributed by atoms with van der Waals surface area (Å²) in [4.78, 5) is 18.2. The molecule has 2 heterocycles. The van der Waals surface area contributed by atoms with Crippen LogP contribution in [0, 0.1) is 13.8 Å². The Morgan fingerprint density at radius 1 is 1.33 bits per heavy atom. The maximum atomic E-state index is 11.2. The number of anilines is 1. The quantitative estimate of drug-likeness (QED) is 0.846. The summed E-state index contributed by atoms with van der Waals surface area (Å²) in [6, 6.07) is 5.40. The molecule has 0 amide bonds. The number of aromatic carboxylic acids is 1. The number of hydrogen-bond acceptors (Lipinski definition) is 4. The summed E-state index contributed by atoms with van der Waals surface area (Å²) in [6.07, 6.45) is 1.73. The molecule has 4 nitrogen and oxygen atoms in total. The topological polar surface area (TPSA) is 62.2 Å². The smallest absolute Gasteiger partial charge is 0.335 e. The minimum Gasteiger partial charge on any atom is -0.478 e. The molecule has 0 spiro atoms. The highest BCUT2D eigenvalue weighted by Crippen LogP contribution is 2.22. The molecule has 0 aromatic carbocycles. The van der Waals surface area contributed by atoms with E-state index in [9.17, 15) is 9.90 Å². The van der Waals surface area contributed by atoms with Gasteiger partial charge in [-0.05, 0) is 44.0 Å². The molecule has 2 aromatic heterocycles. The van der Waals surface area contributed by atoms with Gasteiger partial charge >= 0.3 is 5.97 Å². The summed E-state index contributed by atoms with van der Waals surface area (Å²) in [7, 11) is 0. The standard InChI is InChI=1S/C16H20N2O2S/c1-4-5-13-7-12(16(19)20)8-15(18-13)17-9-14-6-10(2)11(3)21-14/h6-8H,4-5,9H2,1-3H3,(H,17,18)(H,19,20). The number of hydrogen-bond donors (Lipinski definition) is 2. The highest BCUT2D eigenvalue weighted by Gasteiger charge is 2.09. The van der Waals surface area contributed by atoms with Gasteiger partial charge in [-0.1, -0.05) is 13.3 Å². The largest absolute Gasteiger partial charge is 0.478 e. The fourth-order valence-corrected chi connectivity index (χ4v) is 3.09. The highest BCUT2D eigenvalue weighted by atomic mass is 32.1. The van der Waals surface area contributed by atoms with Crippen molar-refractivity contribution < 1.29 is 9.90 Å². The normalized spacial score (nSPS) is 10.6. The van der Waals surface area contributed by atoms with E-state index in [-0.39, 0.29) is 5.56 Å². The fourth-order valence-electron chi connectivity index (χ4n) is 2.10. The van der Waals surface area contributed by atoms with E-state index in [4.69, 9.17) is 0 Å². The number of nitrogens with zero attached hydrogens (tertiary/aromatic N) is 1. The number of rotatable bonds is 6. The minimum atomic E-state index is -0.916. The molecule has 2 aromatic rings. The van der Waals surface area contributed by atoms with Gasteiger partial charge < -0.3 is 10.4 Å². The van der Waals surface area contributed by atoms with Gasteiger partial charge in [-0.3, -0.25) is 0 Å². The Bertz CT molecular complexity index is 630. The molecule has 0 radical (unpaired) electrons. The Labute approximate surface area is 128 Å². The van der Waals surface area contributed by atoms with Gasteiger partial charge in [0.05, 0.1) is 12.1 Å². The van der Waals surface area contributed by atoms with E-state index in [1.165, 1.54) is 15.3 Å². The third kappa shape index (κ3) is 4.04. The molecule has 2 rings (SSSR count). The van der Waals surface area contributed by atoms with E-state index in [0.717, 1.165) is 18.5 Å². The first kappa shape index (κ1) is 15.5. The van der Waals surface area contributed by atoms with Gasteiger partial charge in [0.1, 0.15) is 5.82 Å². The molecule has 0 unspecified atom stereocenters. The van der Waals surface area contributed by atoms with Crippen molar-refractivity contribution in [1.82, 2.24) is 4.98 Å². The zero-order valence-corrected chi connectivity index (χ0v) is 13.4. The van der Waals surface area contributed by atoms with Crippen LogP contribution in [0.3, 0.4) is 0 Å². The molecule has 0 aliphatic heterocycles. The monoisotopic (exact) mass is 304 g/mol. The average molecular weight is 304 g/mol. The van der Waals surface area contributed by atoms with Gasteiger partial charge in [0.15, 0.2) is 0 Å². The zero-order valence-electron chi connectivity index (χ0n) is 12.6. The van der Waals surface area contributed by atoms with Gasteiger partial charge in [-0.15, -0.1) is 11.3 Å². The molecule has 0 bridgehead atoms. The fraction of sp³-hybridized carbons (Fsp3) is 0.375. The molecule has 0 saturated heterocycles. The molecule has 112 valence electrons. The van der Waals surface area contributed by atoms with E-state index in [2.05, 4.69) is 37.1 Å². The van der Waals surface area contributed by atoms with Crippen LogP contribution in [0.2, 0.25) is 0 Å². The number of nitrogens with one attached hydrogen (secondary N) is 1. The van der Waals surface area contributed by atoms with E-state index in [0.29, 0.717) is 12.4 Å². The third-order valence-corrected chi connectivity index (χ3v) is 4.44. The molecule has 0 fully saturated rings. The van der Waals surface area contributed by atoms with Crippen molar-refractivity contribution in [3.05, 3.63) is 44.8 Å². The van der Waals surface area contributed by atoms with Crippen molar-refractivity contribution in [2.45, 2.75) is 40.2 Å². The van der Waals surface area contributed by atoms with Gasteiger partial charge in [-0.2, -0.15) is 0 Å². The van der Waals surface area contributed by atoms with E-state index in [1.807, 2.05) is 0 Å². The second kappa shape index (κ2) is 6.72. The van der Waals surface area contributed by atoms with Crippen molar-refractivity contribution in [3.8, 4) is 0 Å². The van der Waals surface area contributed by atoms with Crippen LogP contribution < -0.4 is 5.32 Å². The first-order valence-corrected chi connectivity index (χ1v) is 7.85. The van der Waals surface area contributed by atoms with Crippen molar-refractivity contribution >= 4 is 23.1 Å². The zero-order chi connectivity index (χ0) is 15.4. The molecule has 2 N–H and O–H groups in total. The summed E-state index contributed by atoms with van der Waals surface area (Å²) in [5.74, 6) is -0.289. The second-order valence-electron chi connectivity index (χ2n) is 5.09. The number of carboxylic acids is 1. The average Bonchev–Trinajstić information content (AvgIpc) is 2.76. The Balaban J connectivity index is 2.16. The predicted molar refractivity (Wildman–Crippen MR) is 86.3 cm³/mol. The first-order valence-electron chi connectivity index (χ1n) is 7.03. The lowest BCUT2D eigenvalue weighted by Crippen LogP contribution is -2.06. The summed E-state index contributed by atoms with van der Waals surface area (Å²) in [6.45, 7) is 6.92. The van der Waals surface area contributed by atoms with Crippen molar-refractivity contribution in [1.29, 1.82) is 0 Å².